The van der Waals surface area contributed by atoms with Gasteiger partial charge in [0.2, 0.25) is 5.91 Å². The Balaban J connectivity index is 1.49. The number of ether oxygens (including phenoxy) is 1. The van der Waals surface area contributed by atoms with E-state index in [0.29, 0.717) is 13.2 Å². The number of rotatable bonds is 3. The highest BCUT2D eigenvalue weighted by Gasteiger charge is 2.42. The van der Waals surface area contributed by atoms with Gasteiger partial charge in [0, 0.05) is 13.2 Å². The van der Waals surface area contributed by atoms with E-state index in [2.05, 4.69) is 10.2 Å². The number of morpholine rings is 1. The van der Waals surface area contributed by atoms with Crippen molar-refractivity contribution >= 4 is 16.9 Å². The maximum absolute atomic E-state index is 12.7. The van der Waals surface area contributed by atoms with Gasteiger partial charge < -0.3 is 14.7 Å². The first-order chi connectivity index (χ1) is 11.2. The van der Waals surface area contributed by atoms with Gasteiger partial charge in [-0.05, 0) is 30.9 Å². The third kappa shape index (κ3) is 2.70. The molecule has 0 spiro atoms. The van der Waals surface area contributed by atoms with Crippen molar-refractivity contribution in [1.82, 2.24) is 19.9 Å². The third-order valence-electron chi connectivity index (χ3n) is 4.82. The van der Waals surface area contributed by atoms with E-state index >= 15 is 0 Å². The van der Waals surface area contributed by atoms with Gasteiger partial charge in [0.1, 0.15) is 17.6 Å². The van der Waals surface area contributed by atoms with E-state index in [-0.39, 0.29) is 37.1 Å². The summed E-state index contributed by atoms with van der Waals surface area (Å²) >= 11 is 0. The number of aromatic nitrogens is 3. The predicted octanol–water partition coefficient (Wildman–Crippen LogP) is 0.430. The maximum Gasteiger partial charge on any atom is 0.246 e. The number of aliphatic hydroxyl groups is 1. The van der Waals surface area contributed by atoms with Crippen molar-refractivity contribution in [3.05, 3.63) is 24.3 Å². The lowest BCUT2D eigenvalue weighted by molar-refractivity contribution is -0.145. The summed E-state index contributed by atoms with van der Waals surface area (Å²) < 4.78 is 5.77. The molecule has 1 aliphatic heterocycles. The number of hydrogen-bond donors (Lipinski definition) is 1. The van der Waals surface area contributed by atoms with Gasteiger partial charge in [0.15, 0.2) is 0 Å². The molecule has 1 amide bonds. The van der Waals surface area contributed by atoms with Gasteiger partial charge in [-0.2, -0.15) is 15.0 Å². The number of nitrogens with zero attached hydrogens (tertiary/aromatic N) is 4. The lowest BCUT2D eigenvalue weighted by Crippen LogP contribution is -2.52. The predicted molar refractivity (Wildman–Crippen MR) is 82.6 cm³/mol. The Hall–Kier alpha value is -1.99. The fourth-order valence-electron chi connectivity index (χ4n) is 3.70. The monoisotopic (exact) mass is 316 g/mol. The van der Waals surface area contributed by atoms with Gasteiger partial charge in [-0.25, -0.2) is 0 Å². The molecule has 1 N–H and O–H groups in total. The van der Waals surface area contributed by atoms with E-state index in [4.69, 9.17) is 4.74 Å². The third-order valence-corrected chi connectivity index (χ3v) is 4.82. The summed E-state index contributed by atoms with van der Waals surface area (Å²) in [4.78, 5) is 16.0. The lowest BCUT2D eigenvalue weighted by atomic mass is 10.1. The quantitative estimate of drug-likeness (QED) is 0.888. The molecule has 1 aromatic heterocycles. The zero-order valence-electron chi connectivity index (χ0n) is 12.8. The molecule has 2 aromatic rings. The van der Waals surface area contributed by atoms with Crippen LogP contribution in [0.4, 0.5) is 0 Å². The number of hydrogen-bond acceptors (Lipinski definition) is 5. The SMILES string of the molecule is O=C(Cn1nc2ccccc2n1)N1CCOC2C[C@H](CO)C[C@@H]21. The molecule has 1 saturated heterocycles. The molecule has 1 saturated carbocycles. The largest absolute Gasteiger partial charge is 0.396 e. The van der Waals surface area contributed by atoms with Crippen molar-refractivity contribution in [3.63, 3.8) is 0 Å². The second-order valence-corrected chi connectivity index (χ2v) is 6.30. The van der Waals surface area contributed by atoms with Crippen molar-refractivity contribution < 1.29 is 14.6 Å². The number of amides is 1. The molecule has 1 unspecified atom stereocenters. The second kappa shape index (κ2) is 5.90. The molecule has 0 radical (unpaired) electrons. The van der Waals surface area contributed by atoms with E-state index in [1.807, 2.05) is 29.2 Å². The van der Waals surface area contributed by atoms with Gasteiger partial charge in [-0.15, -0.1) is 0 Å². The Labute approximate surface area is 133 Å². The fourth-order valence-corrected chi connectivity index (χ4v) is 3.70. The summed E-state index contributed by atoms with van der Waals surface area (Å²) in [5.41, 5.74) is 1.59. The van der Waals surface area contributed by atoms with Crippen LogP contribution in [0.25, 0.3) is 11.0 Å². The van der Waals surface area contributed by atoms with E-state index in [1.165, 1.54) is 4.80 Å². The standard InChI is InChI=1S/C16H20N4O3/c21-10-11-7-14-15(8-11)23-6-5-19(14)16(22)9-20-17-12-3-1-2-4-13(12)18-20/h1-4,11,14-15,21H,5-10H2/t11-,14+,15?/m1/s1. The summed E-state index contributed by atoms with van der Waals surface area (Å²) in [5.74, 6) is 0.242. The maximum atomic E-state index is 12.7. The summed E-state index contributed by atoms with van der Waals surface area (Å²) in [5, 5.41) is 18.1. The van der Waals surface area contributed by atoms with Crippen molar-refractivity contribution in [1.29, 1.82) is 0 Å². The van der Waals surface area contributed by atoms with Crippen LogP contribution in [0.5, 0.6) is 0 Å². The molecule has 23 heavy (non-hydrogen) atoms. The molecule has 1 aromatic carbocycles. The summed E-state index contributed by atoms with van der Waals surface area (Å²) in [6, 6.07) is 7.65. The zero-order valence-corrected chi connectivity index (χ0v) is 12.8. The zero-order chi connectivity index (χ0) is 15.8. The van der Waals surface area contributed by atoms with E-state index in [0.717, 1.165) is 23.9 Å². The molecule has 4 rings (SSSR count). The van der Waals surface area contributed by atoms with Crippen LogP contribution in [0.1, 0.15) is 12.8 Å². The number of fused-ring (bicyclic) bond motifs is 2. The first-order valence-electron chi connectivity index (χ1n) is 8.06. The molecule has 3 atom stereocenters. The molecule has 0 bridgehead atoms. The Bertz CT molecular complexity index is 683. The highest BCUT2D eigenvalue weighted by molar-refractivity contribution is 5.77. The molecular weight excluding hydrogens is 296 g/mol. The van der Waals surface area contributed by atoms with Crippen LogP contribution in [0.3, 0.4) is 0 Å². The van der Waals surface area contributed by atoms with Gasteiger partial charge in [0.05, 0.1) is 18.8 Å². The molecule has 1 aliphatic carbocycles. The van der Waals surface area contributed by atoms with Crippen LogP contribution in [0.15, 0.2) is 24.3 Å². The van der Waals surface area contributed by atoms with E-state index in [1.54, 1.807) is 0 Å². The Kier molecular flexibility index (Phi) is 3.74. The fraction of sp³-hybridized carbons (Fsp3) is 0.562. The van der Waals surface area contributed by atoms with Crippen LogP contribution < -0.4 is 0 Å². The highest BCUT2D eigenvalue weighted by atomic mass is 16.5. The van der Waals surface area contributed by atoms with Crippen LogP contribution in [-0.2, 0) is 16.1 Å². The smallest absolute Gasteiger partial charge is 0.246 e. The minimum Gasteiger partial charge on any atom is -0.396 e. The van der Waals surface area contributed by atoms with E-state index in [9.17, 15) is 9.90 Å². The Morgan fingerprint density at radius 3 is 2.70 bits per heavy atom. The van der Waals surface area contributed by atoms with Crippen molar-refractivity contribution in [2.24, 2.45) is 5.92 Å². The van der Waals surface area contributed by atoms with Crippen molar-refractivity contribution in [3.8, 4) is 0 Å². The van der Waals surface area contributed by atoms with Crippen molar-refractivity contribution in [2.45, 2.75) is 31.5 Å². The first kappa shape index (κ1) is 14.6. The van der Waals surface area contributed by atoms with Gasteiger partial charge >= 0.3 is 0 Å². The van der Waals surface area contributed by atoms with Crippen LogP contribution in [0.2, 0.25) is 0 Å². The minimum atomic E-state index is 0.0159. The van der Waals surface area contributed by atoms with Gasteiger partial charge in [-0.1, -0.05) is 12.1 Å². The number of aliphatic hydroxyl groups excluding tert-OH is 1. The molecular formula is C16H20N4O3. The summed E-state index contributed by atoms with van der Waals surface area (Å²) in [6.45, 7) is 1.45. The lowest BCUT2D eigenvalue weighted by Gasteiger charge is -2.37. The second-order valence-electron chi connectivity index (χ2n) is 6.30. The molecule has 122 valence electrons. The van der Waals surface area contributed by atoms with Gasteiger partial charge in [0.25, 0.3) is 0 Å². The van der Waals surface area contributed by atoms with Crippen LogP contribution in [-0.4, -0.2) is 62.8 Å². The van der Waals surface area contributed by atoms with Crippen LogP contribution in [0, 0.1) is 5.92 Å². The van der Waals surface area contributed by atoms with Gasteiger partial charge in [-0.3, -0.25) is 4.79 Å². The Morgan fingerprint density at radius 1 is 1.26 bits per heavy atom. The average molecular weight is 316 g/mol. The molecule has 7 nitrogen and oxygen atoms in total. The minimum absolute atomic E-state index is 0.0159. The van der Waals surface area contributed by atoms with Crippen LogP contribution >= 0.6 is 0 Å². The summed E-state index contributed by atoms with van der Waals surface area (Å²) in [6.07, 6.45) is 1.69. The molecule has 7 heteroatoms. The average Bonchev–Trinajstić information content (AvgIpc) is 3.16. The summed E-state index contributed by atoms with van der Waals surface area (Å²) in [7, 11) is 0. The molecule has 2 fully saturated rings. The first-order valence-corrected chi connectivity index (χ1v) is 8.06. The number of carbonyl (C=O) groups excluding carboxylic acids is 1. The molecule has 2 aliphatic rings. The highest BCUT2D eigenvalue weighted by Crippen LogP contribution is 2.34. The van der Waals surface area contributed by atoms with E-state index < -0.39 is 0 Å². The Morgan fingerprint density at radius 2 is 2.00 bits per heavy atom. The molecule has 2 heterocycles. The van der Waals surface area contributed by atoms with Crippen molar-refractivity contribution in [2.75, 3.05) is 19.8 Å². The normalized spacial score (nSPS) is 27.3. The number of carbonyl (C=O) groups is 1. The number of benzene rings is 1. The topological polar surface area (TPSA) is 80.5 Å².